The molecule has 0 aliphatic rings. The van der Waals surface area contributed by atoms with Crippen molar-refractivity contribution in [3.8, 4) is 0 Å². The Morgan fingerprint density at radius 1 is 1.86 bits per heavy atom. The van der Waals surface area contributed by atoms with Gasteiger partial charge in [0.05, 0.1) is 0 Å². The van der Waals surface area contributed by atoms with Gasteiger partial charge in [0.25, 0.3) is 0 Å². The molecule has 0 fully saturated rings. The SMILES string of the molecule is CC(S)=CCCO. The van der Waals surface area contributed by atoms with Crippen LogP contribution in [0.5, 0.6) is 0 Å². The fraction of sp³-hybridized carbons (Fsp3) is 0.600. The van der Waals surface area contributed by atoms with Crippen LogP contribution in [0.2, 0.25) is 0 Å². The van der Waals surface area contributed by atoms with Crippen LogP contribution in [-0.2, 0) is 0 Å². The third-order valence-corrected chi connectivity index (χ3v) is 0.751. The highest BCUT2D eigenvalue weighted by Gasteiger charge is 1.74. The van der Waals surface area contributed by atoms with Crippen LogP contribution in [0, 0.1) is 0 Å². The number of aliphatic hydroxyl groups is 1. The van der Waals surface area contributed by atoms with Crippen molar-refractivity contribution in [3.63, 3.8) is 0 Å². The van der Waals surface area contributed by atoms with E-state index in [9.17, 15) is 0 Å². The number of rotatable bonds is 2. The Hall–Kier alpha value is 0.0500. The second kappa shape index (κ2) is 4.22. The summed E-state index contributed by atoms with van der Waals surface area (Å²) in [4.78, 5) is 0.967. The Morgan fingerprint density at radius 2 is 2.43 bits per heavy atom. The summed E-state index contributed by atoms with van der Waals surface area (Å²) in [5.41, 5.74) is 0. The Labute approximate surface area is 49.5 Å². The average Bonchev–Trinajstić information content (AvgIpc) is 1.61. The fourth-order valence-electron chi connectivity index (χ4n) is 0.273. The summed E-state index contributed by atoms with van der Waals surface area (Å²) in [7, 11) is 0. The molecular weight excluding hydrogens is 108 g/mol. The van der Waals surface area contributed by atoms with Crippen molar-refractivity contribution >= 4 is 12.6 Å². The maximum Gasteiger partial charge on any atom is 0.0465 e. The molecule has 0 heterocycles. The minimum Gasteiger partial charge on any atom is -0.396 e. The Balaban J connectivity index is 3.08. The summed E-state index contributed by atoms with van der Waals surface area (Å²) in [5.74, 6) is 0. The third-order valence-electron chi connectivity index (χ3n) is 0.569. The second-order valence-electron chi connectivity index (χ2n) is 1.36. The largest absolute Gasteiger partial charge is 0.396 e. The smallest absolute Gasteiger partial charge is 0.0465 e. The van der Waals surface area contributed by atoms with Crippen LogP contribution in [0.15, 0.2) is 11.0 Å². The van der Waals surface area contributed by atoms with Crippen molar-refractivity contribution < 1.29 is 5.11 Å². The highest BCUT2D eigenvalue weighted by Crippen LogP contribution is 1.97. The predicted octanol–water partition coefficient (Wildman–Crippen LogP) is 1.20. The minimum absolute atomic E-state index is 0.220. The third kappa shape index (κ3) is 6.05. The summed E-state index contributed by atoms with van der Waals surface area (Å²) in [6, 6.07) is 0. The maximum atomic E-state index is 8.24. The second-order valence-corrected chi connectivity index (χ2v) is 2.06. The van der Waals surface area contributed by atoms with Crippen LogP contribution in [0.4, 0.5) is 0 Å². The zero-order chi connectivity index (χ0) is 5.70. The van der Waals surface area contributed by atoms with Gasteiger partial charge < -0.3 is 5.11 Å². The number of aliphatic hydroxyl groups excluding tert-OH is 1. The van der Waals surface area contributed by atoms with Gasteiger partial charge in [-0.15, -0.1) is 12.6 Å². The average molecular weight is 118 g/mol. The van der Waals surface area contributed by atoms with Gasteiger partial charge in [0.1, 0.15) is 0 Å². The lowest BCUT2D eigenvalue weighted by Gasteiger charge is -1.84. The van der Waals surface area contributed by atoms with Crippen LogP contribution in [0.1, 0.15) is 13.3 Å². The summed E-state index contributed by atoms with van der Waals surface area (Å²) in [6.07, 6.45) is 2.60. The van der Waals surface area contributed by atoms with Gasteiger partial charge in [0.15, 0.2) is 0 Å². The summed E-state index contributed by atoms with van der Waals surface area (Å²) in [5, 5.41) is 8.24. The van der Waals surface area contributed by atoms with Crippen molar-refractivity contribution in [3.05, 3.63) is 11.0 Å². The van der Waals surface area contributed by atoms with Gasteiger partial charge in [0.2, 0.25) is 0 Å². The van der Waals surface area contributed by atoms with E-state index in [4.69, 9.17) is 5.11 Å². The molecule has 0 saturated heterocycles. The lowest BCUT2D eigenvalue weighted by Crippen LogP contribution is -1.75. The molecular formula is C5H10OS. The molecule has 0 aromatic carbocycles. The van der Waals surface area contributed by atoms with Crippen LogP contribution in [-0.4, -0.2) is 11.7 Å². The Kier molecular flexibility index (Phi) is 4.25. The molecule has 0 atom stereocenters. The first-order valence-electron chi connectivity index (χ1n) is 2.24. The lowest BCUT2D eigenvalue weighted by atomic mass is 10.4. The molecule has 0 radical (unpaired) electrons. The number of hydrogen-bond acceptors (Lipinski definition) is 2. The quantitative estimate of drug-likeness (QED) is 0.522. The van der Waals surface area contributed by atoms with E-state index in [-0.39, 0.29) is 6.61 Å². The molecule has 0 rings (SSSR count). The van der Waals surface area contributed by atoms with Crippen LogP contribution in [0.25, 0.3) is 0 Å². The van der Waals surface area contributed by atoms with Gasteiger partial charge in [-0.3, -0.25) is 0 Å². The molecule has 0 aliphatic heterocycles. The number of hydrogen-bond donors (Lipinski definition) is 2. The topological polar surface area (TPSA) is 20.2 Å². The number of thiol groups is 1. The highest BCUT2D eigenvalue weighted by molar-refractivity contribution is 7.84. The van der Waals surface area contributed by atoms with E-state index in [0.29, 0.717) is 0 Å². The van der Waals surface area contributed by atoms with E-state index in [1.807, 2.05) is 13.0 Å². The monoisotopic (exact) mass is 118 g/mol. The van der Waals surface area contributed by atoms with E-state index in [1.165, 1.54) is 0 Å². The van der Waals surface area contributed by atoms with Crippen LogP contribution < -0.4 is 0 Å². The van der Waals surface area contributed by atoms with Gasteiger partial charge in [-0.1, -0.05) is 6.08 Å². The molecule has 0 saturated carbocycles. The lowest BCUT2D eigenvalue weighted by molar-refractivity contribution is 0.302. The van der Waals surface area contributed by atoms with E-state index < -0.39 is 0 Å². The molecule has 0 aromatic rings. The zero-order valence-corrected chi connectivity index (χ0v) is 5.28. The van der Waals surface area contributed by atoms with E-state index in [1.54, 1.807) is 0 Å². The normalized spacial score (nSPS) is 12.1. The summed E-state index contributed by atoms with van der Waals surface area (Å²) < 4.78 is 0. The first kappa shape index (κ1) is 7.05. The molecule has 0 bridgehead atoms. The zero-order valence-electron chi connectivity index (χ0n) is 4.39. The van der Waals surface area contributed by atoms with Crippen LogP contribution >= 0.6 is 12.6 Å². The first-order valence-corrected chi connectivity index (χ1v) is 2.68. The van der Waals surface area contributed by atoms with Crippen molar-refractivity contribution in [1.82, 2.24) is 0 Å². The summed E-state index contributed by atoms with van der Waals surface area (Å²) in [6.45, 7) is 2.11. The highest BCUT2D eigenvalue weighted by atomic mass is 32.1. The molecule has 2 heteroatoms. The van der Waals surface area contributed by atoms with Gasteiger partial charge in [0, 0.05) is 6.61 Å². The van der Waals surface area contributed by atoms with E-state index in [2.05, 4.69) is 12.6 Å². The number of allylic oxidation sites excluding steroid dienone is 1. The standard InChI is InChI=1S/C5H10OS/c1-5(7)3-2-4-6/h3,6-7H,2,4H2,1H3. The molecule has 1 nitrogen and oxygen atoms in total. The van der Waals surface area contributed by atoms with Crippen LogP contribution in [0.3, 0.4) is 0 Å². The predicted molar refractivity (Wildman–Crippen MR) is 34.4 cm³/mol. The minimum atomic E-state index is 0.220. The van der Waals surface area contributed by atoms with E-state index in [0.717, 1.165) is 11.3 Å². The van der Waals surface area contributed by atoms with Gasteiger partial charge in [-0.05, 0) is 18.2 Å². The molecule has 7 heavy (non-hydrogen) atoms. The first-order chi connectivity index (χ1) is 3.27. The van der Waals surface area contributed by atoms with Crippen molar-refractivity contribution in [1.29, 1.82) is 0 Å². The molecule has 0 aromatic heterocycles. The molecule has 0 amide bonds. The summed E-state index contributed by atoms with van der Waals surface area (Å²) >= 11 is 3.98. The molecule has 42 valence electrons. The van der Waals surface area contributed by atoms with Gasteiger partial charge in [-0.25, -0.2) is 0 Å². The molecule has 1 N–H and O–H groups in total. The van der Waals surface area contributed by atoms with Crippen molar-refractivity contribution in [2.24, 2.45) is 0 Å². The Bertz CT molecular complexity index is 64.5. The molecule has 0 aliphatic carbocycles. The fourth-order valence-corrected chi connectivity index (χ4v) is 0.403. The maximum absolute atomic E-state index is 8.24. The molecule has 0 unspecified atom stereocenters. The molecule has 0 spiro atoms. The van der Waals surface area contributed by atoms with Crippen molar-refractivity contribution in [2.45, 2.75) is 13.3 Å². The van der Waals surface area contributed by atoms with E-state index >= 15 is 0 Å². The van der Waals surface area contributed by atoms with Gasteiger partial charge in [-0.2, -0.15) is 0 Å². The van der Waals surface area contributed by atoms with Gasteiger partial charge >= 0.3 is 0 Å². The Morgan fingerprint density at radius 3 is 2.57 bits per heavy atom. The van der Waals surface area contributed by atoms with Crippen molar-refractivity contribution in [2.75, 3.05) is 6.61 Å².